The predicted molar refractivity (Wildman–Crippen MR) is 91.8 cm³/mol. The van der Waals surface area contributed by atoms with Gasteiger partial charge in [-0.15, -0.1) is 11.3 Å². The molecule has 1 aliphatic rings. The molecule has 1 aromatic carbocycles. The van der Waals surface area contributed by atoms with E-state index in [1.165, 1.54) is 35.3 Å². The van der Waals surface area contributed by atoms with Crippen molar-refractivity contribution in [1.82, 2.24) is 10.3 Å². The van der Waals surface area contributed by atoms with Crippen molar-refractivity contribution in [3.63, 3.8) is 0 Å². The number of anilines is 2. The minimum absolute atomic E-state index is 0.181. The van der Waals surface area contributed by atoms with Gasteiger partial charge in [0, 0.05) is 25.4 Å². The topological polar surface area (TPSA) is 65.5 Å². The second kappa shape index (κ2) is 6.96. The van der Waals surface area contributed by atoms with Crippen molar-refractivity contribution in [2.75, 3.05) is 11.4 Å². The maximum Gasteiger partial charge on any atom is 0.230 e. The summed E-state index contributed by atoms with van der Waals surface area (Å²) < 4.78 is 13.1. The van der Waals surface area contributed by atoms with E-state index in [0.717, 1.165) is 25.0 Å². The molecule has 0 bridgehead atoms. The van der Waals surface area contributed by atoms with E-state index in [9.17, 15) is 14.3 Å². The summed E-state index contributed by atoms with van der Waals surface area (Å²) >= 11 is 1.36. The van der Waals surface area contributed by atoms with Crippen LogP contribution in [0.5, 0.6) is 0 Å². The van der Waals surface area contributed by atoms with E-state index in [0.29, 0.717) is 23.9 Å². The second-order valence-electron chi connectivity index (χ2n) is 6.13. The van der Waals surface area contributed by atoms with Crippen LogP contribution in [0, 0.1) is 5.82 Å². The molecule has 3 rings (SSSR count). The summed E-state index contributed by atoms with van der Waals surface area (Å²) in [6.07, 6.45) is 2.75. The fourth-order valence-electron chi connectivity index (χ4n) is 2.68. The fourth-order valence-corrected chi connectivity index (χ4v) is 3.57. The monoisotopic (exact) mass is 349 g/mol. The van der Waals surface area contributed by atoms with E-state index in [4.69, 9.17) is 0 Å². The number of carbonyl (C=O) groups is 1. The van der Waals surface area contributed by atoms with Crippen molar-refractivity contribution < 1.29 is 14.3 Å². The third-order valence-corrected chi connectivity index (χ3v) is 5.05. The van der Waals surface area contributed by atoms with E-state index in [-0.39, 0.29) is 11.7 Å². The Morgan fingerprint density at radius 3 is 2.71 bits per heavy atom. The van der Waals surface area contributed by atoms with Crippen LogP contribution in [0.4, 0.5) is 15.2 Å². The quantitative estimate of drug-likeness (QED) is 0.841. The molecule has 1 aliphatic carbocycles. The van der Waals surface area contributed by atoms with Gasteiger partial charge < -0.3 is 10.4 Å². The molecule has 0 saturated heterocycles. The lowest BCUT2D eigenvalue weighted by Crippen LogP contribution is -2.46. The number of aromatic nitrogens is 1. The van der Waals surface area contributed by atoms with Crippen molar-refractivity contribution in [2.24, 2.45) is 0 Å². The maximum atomic E-state index is 13.1. The fraction of sp³-hybridized carbons (Fsp3) is 0.412. The SMILES string of the molecule is CC(=O)N(c1ccc(F)cc1)c1nc(CNCC2(O)CCC2)cs1. The molecule has 2 aromatic rings. The lowest BCUT2D eigenvalue weighted by molar-refractivity contribution is -0.115. The molecule has 1 aromatic heterocycles. The van der Waals surface area contributed by atoms with Crippen LogP contribution in [0.25, 0.3) is 0 Å². The number of halogens is 1. The predicted octanol–water partition coefficient (Wildman–Crippen LogP) is 2.97. The standard InChI is InChI=1S/C17H20FN3O2S/c1-12(22)21(15-5-3-13(18)4-6-15)16-20-14(10-24-16)9-19-11-17(23)7-2-8-17/h3-6,10,19,23H,2,7-9,11H2,1H3. The molecular formula is C17H20FN3O2S. The molecule has 1 amide bonds. The van der Waals surface area contributed by atoms with Crippen molar-refractivity contribution in [2.45, 2.75) is 38.3 Å². The van der Waals surface area contributed by atoms with E-state index < -0.39 is 5.60 Å². The number of benzene rings is 1. The summed E-state index contributed by atoms with van der Waals surface area (Å²) in [7, 11) is 0. The summed E-state index contributed by atoms with van der Waals surface area (Å²) in [6, 6.07) is 5.76. The van der Waals surface area contributed by atoms with Crippen LogP contribution < -0.4 is 10.2 Å². The Kier molecular flexibility index (Phi) is 4.93. The summed E-state index contributed by atoms with van der Waals surface area (Å²) in [5.41, 5.74) is 0.825. The van der Waals surface area contributed by atoms with Crippen LogP contribution in [-0.2, 0) is 11.3 Å². The Labute approximate surface area is 144 Å². The molecule has 0 atom stereocenters. The van der Waals surface area contributed by atoms with Gasteiger partial charge in [0.2, 0.25) is 5.91 Å². The van der Waals surface area contributed by atoms with Crippen molar-refractivity contribution >= 4 is 28.1 Å². The minimum Gasteiger partial charge on any atom is -0.389 e. The number of hydrogen-bond acceptors (Lipinski definition) is 5. The van der Waals surface area contributed by atoms with Gasteiger partial charge in [-0.25, -0.2) is 9.37 Å². The summed E-state index contributed by atoms with van der Waals surface area (Å²) in [5, 5.41) is 15.7. The lowest BCUT2D eigenvalue weighted by Gasteiger charge is -2.36. The molecule has 0 radical (unpaired) electrons. The largest absolute Gasteiger partial charge is 0.389 e. The number of aliphatic hydroxyl groups is 1. The third kappa shape index (κ3) is 3.80. The molecule has 7 heteroatoms. The van der Waals surface area contributed by atoms with E-state index in [1.807, 2.05) is 5.38 Å². The molecule has 1 heterocycles. The molecule has 1 fully saturated rings. The first-order chi connectivity index (χ1) is 11.5. The highest BCUT2D eigenvalue weighted by Gasteiger charge is 2.33. The zero-order chi connectivity index (χ0) is 17.2. The molecular weight excluding hydrogens is 329 g/mol. The Hall–Kier alpha value is -1.83. The summed E-state index contributed by atoms with van der Waals surface area (Å²) in [5.74, 6) is -0.528. The molecule has 128 valence electrons. The van der Waals surface area contributed by atoms with Gasteiger partial charge >= 0.3 is 0 Å². The number of nitrogens with zero attached hydrogens (tertiary/aromatic N) is 2. The van der Waals surface area contributed by atoms with Crippen molar-refractivity contribution in [3.8, 4) is 0 Å². The van der Waals surface area contributed by atoms with Gasteiger partial charge in [0.15, 0.2) is 5.13 Å². The molecule has 0 spiro atoms. The maximum absolute atomic E-state index is 13.1. The highest BCUT2D eigenvalue weighted by atomic mass is 32.1. The smallest absolute Gasteiger partial charge is 0.230 e. The number of hydrogen-bond donors (Lipinski definition) is 2. The highest BCUT2D eigenvalue weighted by Crippen LogP contribution is 2.31. The lowest BCUT2D eigenvalue weighted by atomic mass is 9.80. The van der Waals surface area contributed by atoms with E-state index in [2.05, 4.69) is 10.3 Å². The van der Waals surface area contributed by atoms with Crippen molar-refractivity contribution in [3.05, 3.63) is 41.2 Å². The zero-order valence-electron chi connectivity index (χ0n) is 13.5. The van der Waals surface area contributed by atoms with Crippen LogP contribution in [0.2, 0.25) is 0 Å². The molecule has 0 unspecified atom stereocenters. The van der Waals surface area contributed by atoms with Crippen molar-refractivity contribution in [1.29, 1.82) is 0 Å². The Morgan fingerprint density at radius 1 is 1.42 bits per heavy atom. The molecule has 24 heavy (non-hydrogen) atoms. The van der Waals surface area contributed by atoms with Crippen LogP contribution >= 0.6 is 11.3 Å². The number of amides is 1. The average molecular weight is 349 g/mol. The number of thiazole rings is 1. The van der Waals surface area contributed by atoms with Gasteiger partial charge in [-0.2, -0.15) is 0 Å². The molecule has 5 nitrogen and oxygen atoms in total. The van der Waals surface area contributed by atoms with Crippen LogP contribution in [-0.4, -0.2) is 28.1 Å². The summed E-state index contributed by atoms with van der Waals surface area (Å²) in [4.78, 5) is 17.9. The number of rotatable bonds is 6. The zero-order valence-corrected chi connectivity index (χ0v) is 14.3. The second-order valence-corrected chi connectivity index (χ2v) is 6.97. The van der Waals surface area contributed by atoms with E-state index >= 15 is 0 Å². The molecule has 0 aliphatic heterocycles. The first-order valence-corrected chi connectivity index (χ1v) is 8.79. The number of carbonyl (C=O) groups excluding carboxylic acids is 1. The van der Waals surface area contributed by atoms with Gasteiger partial charge in [0.1, 0.15) is 5.82 Å². The van der Waals surface area contributed by atoms with Crippen LogP contribution in [0.3, 0.4) is 0 Å². The summed E-state index contributed by atoms with van der Waals surface area (Å²) in [6.45, 7) is 2.54. The van der Waals surface area contributed by atoms with Crippen LogP contribution in [0.1, 0.15) is 31.9 Å². The third-order valence-electron chi connectivity index (χ3n) is 4.18. The van der Waals surface area contributed by atoms with Gasteiger partial charge in [0.05, 0.1) is 17.0 Å². The van der Waals surface area contributed by atoms with Crippen LogP contribution in [0.15, 0.2) is 29.6 Å². The van der Waals surface area contributed by atoms with Gasteiger partial charge in [0.25, 0.3) is 0 Å². The number of nitrogens with one attached hydrogen (secondary N) is 1. The van der Waals surface area contributed by atoms with Gasteiger partial charge in [-0.1, -0.05) is 0 Å². The Bertz CT molecular complexity index is 713. The normalized spacial score (nSPS) is 15.8. The van der Waals surface area contributed by atoms with Gasteiger partial charge in [-0.05, 0) is 43.5 Å². The minimum atomic E-state index is -0.571. The highest BCUT2D eigenvalue weighted by molar-refractivity contribution is 7.14. The average Bonchev–Trinajstić information content (AvgIpc) is 2.96. The Balaban J connectivity index is 1.67. The molecule has 2 N–H and O–H groups in total. The van der Waals surface area contributed by atoms with Gasteiger partial charge in [-0.3, -0.25) is 9.69 Å². The molecule has 1 saturated carbocycles. The van der Waals surface area contributed by atoms with E-state index in [1.54, 1.807) is 12.1 Å². The first kappa shape index (κ1) is 17.0. The first-order valence-electron chi connectivity index (χ1n) is 7.91. The Morgan fingerprint density at radius 2 is 2.12 bits per heavy atom.